The highest BCUT2D eigenvalue weighted by atomic mass is 19.1. The molecular formula is C15H18FN3O2. The molecule has 21 heavy (non-hydrogen) atoms. The van der Waals surface area contributed by atoms with Crippen molar-refractivity contribution in [3.63, 3.8) is 0 Å². The van der Waals surface area contributed by atoms with E-state index in [-0.39, 0.29) is 5.75 Å². The van der Waals surface area contributed by atoms with E-state index in [0.29, 0.717) is 17.9 Å². The highest BCUT2D eigenvalue weighted by Crippen LogP contribution is 2.27. The van der Waals surface area contributed by atoms with Crippen molar-refractivity contribution in [3.8, 4) is 11.5 Å². The molecule has 2 aromatic rings. The van der Waals surface area contributed by atoms with Crippen molar-refractivity contribution in [2.24, 2.45) is 5.84 Å². The molecule has 1 aromatic carbocycles. The average molecular weight is 291 g/mol. The van der Waals surface area contributed by atoms with Crippen LogP contribution in [0.25, 0.3) is 0 Å². The zero-order chi connectivity index (χ0) is 15.2. The van der Waals surface area contributed by atoms with Crippen molar-refractivity contribution >= 4 is 0 Å². The van der Waals surface area contributed by atoms with E-state index in [1.165, 1.54) is 13.2 Å². The van der Waals surface area contributed by atoms with E-state index < -0.39 is 11.9 Å². The normalized spacial score (nSPS) is 12.0. The number of rotatable bonds is 6. The number of hydrogen-bond acceptors (Lipinski definition) is 5. The molecule has 0 aliphatic rings. The molecular weight excluding hydrogens is 273 g/mol. The van der Waals surface area contributed by atoms with Crippen molar-refractivity contribution in [2.45, 2.75) is 13.0 Å². The van der Waals surface area contributed by atoms with Gasteiger partial charge in [0.25, 0.3) is 0 Å². The number of nitrogens with two attached hydrogens (primary N) is 1. The lowest BCUT2D eigenvalue weighted by atomic mass is 10.0. The van der Waals surface area contributed by atoms with Gasteiger partial charge in [0, 0.05) is 6.20 Å². The molecule has 1 unspecified atom stereocenters. The minimum Gasteiger partial charge on any atom is -0.494 e. The summed E-state index contributed by atoms with van der Waals surface area (Å²) in [6, 6.07) is 6.13. The van der Waals surface area contributed by atoms with Gasteiger partial charge >= 0.3 is 0 Å². The fourth-order valence-electron chi connectivity index (χ4n) is 2.09. The highest BCUT2D eigenvalue weighted by Gasteiger charge is 2.16. The molecule has 0 aliphatic carbocycles. The number of nitrogens with zero attached hydrogens (tertiary/aromatic N) is 1. The smallest absolute Gasteiger partial charge is 0.165 e. The maximum absolute atomic E-state index is 13.8. The van der Waals surface area contributed by atoms with Gasteiger partial charge in [0.2, 0.25) is 0 Å². The van der Waals surface area contributed by atoms with Crippen LogP contribution < -0.4 is 20.7 Å². The molecule has 3 N–H and O–H groups in total. The minimum atomic E-state index is -0.441. The SMILES string of the molecule is CCOc1cncc(C(NN)c2ccc(OC)c(F)c2)c1. The maximum Gasteiger partial charge on any atom is 0.165 e. The fraction of sp³-hybridized carbons (Fsp3) is 0.267. The molecule has 112 valence electrons. The number of aromatic nitrogens is 1. The van der Waals surface area contributed by atoms with Crippen LogP contribution in [0, 0.1) is 5.82 Å². The summed E-state index contributed by atoms with van der Waals surface area (Å²) in [5, 5.41) is 0. The number of nitrogens with one attached hydrogen (secondary N) is 1. The van der Waals surface area contributed by atoms with Crippen molar-refractivity contribution in [2.75, 3.05) is 13.7 Å². The summed E-state index contributed by atoms with van der Waals surface area (Å²) in [6.45, 7) is 2.44. The molecule has 0 aliphatic heterocycles. The Bertz CT molecular complexity index is 607. The summed E-state index contributed by atoms with van der Waals surface area (Å²) in [5.41, 5.74) is 4.12. The third-order valence-electron chi connectivity index (χ3n) is 3.05. The summed E-state index contributed by atoms with van der Waals surface area (Å²) in [7, 11) is 1.42. The predicted octanol–water partition coefficient (Wildman–Crippen LogP) is 2.18. The van der Waals surface area contributed by atoms with Gasteiger partial charge in [0.1, 0.15) is 5.75 Å². The Hall–Kier alpha value is -2.18. The average Bonchev–Trinajstić information content (AvgIpc) is 2.49. The number of benzene rings is 1. The van der Waals surface area contributed by atoms with Crippen LogP contribution in [0.15, 0.2) is 36.7 Å². The predicted molar refractivity (Wildman–Crippen MR) is 77.5 cm³/mol. The first-order chi connectivity index (χ1) is 10.2. The topological polar surface area (TPSA) is 69.4 Å². The first-order valence-electron chi connectivity index (χ1n) is 6.57. The third-order valence-corrected chi connectivity index (χ3v) is 3.05. The lowest BCUT2D eigenvalue weighted by Crippen LogP contribution is -2.29. The van der Waals surface area contributed by atoms with Gasteiger partial charge < -0.3 is 9.47 Å². The molecule has 0 spiro atoms. The quantitative estimate of drug-likeness (QED) is 0.630. The third kappa shape index (κ3) is 3.48. The molecule has 1 heterocycles. The van der Waals surface area contributed by atoms with Gasteiger partial charge in [-0.15, -0.1) is 0 Å². The summed E-state index contributed by atoms with van der Waals surface area (Å²) < 4.78 is 24.2. The van der Waals surface area contributed by atoms with Gasteiger partial charge in [-0.3, -0.25) is 10.8 Å². The summed E-state index contributed by atoms with van der Waals surface area (Å²) in [5.74, 6) is 6.00. The van der Waals surface area contributed by atoms with E-state index in [1.54, 1.807) is 24.5 Å². The van der Waals surface area contributed by atoms with Crippen LogP contribution in [0.5, 0.6) is 11.5 Å². The van der Waals surface area contributed by atoms with E-state index in [9.17, 15) is 4.39 Å². The van der Waals surface area contributed by atoms with Crippen LogP contribution in [-0.4, -0.2) is 18.7 Å². The van der Waals surface area contributed by atoms with Crippen LogP contribution in [0.1, 0.15) is 24.1 Å². The number of methoxy groups -OCH3 is 1. The van der Waals surface area contributed by atoms with Crippen molar-refractivity contribution in [3.05, 3.63) is 53.6 Å². The van der Waals surface area contributed by atoms with Gasteiger partial charge in [-0.2, -0.15) is 0 Å². The van der Waals surface area contributed by atoms with Gasteiger partial charge in [-0.25, -0.2) is 9.82 Å². The van der Waals surface area contributed by atoms with Crippen LogP contribution in [0.4, 0.5) is 4.39 Å². The molecule has 0 amide bonds. The molecule has 1 aromatic heterocycles. The van der Waals surface area contributed by atoms with E-state index in [2.05, 4.69) is 10.4 Å². The number of hydrogen-bond donors (Lipinski definition) is 2. The molecule has 5 nitrogen and oxygen atoms in total. The number of halogens is 1. The van der Waals surface area contributed by atoms with Crippen LogP contribution in [0.2, 0.25) is 0 Å². The van der Waals surface area contributed by atoms with E-state index >= 15 is 0 Å². The maximum atomic E-state index is 13.8. The molecule has 0 fully saturated rings. The Morgan fingerprint density at radius 3 is 2.71 bits per heavy atom. The molecule has 0 saturated carbocycles. The number of hydrazine groups is 1. The Kier molecular flexibility index (Phi) is 5.08. The zero-order valence-corrected chi connectivity index (χ0v) is 12.0. The summed E-state index contributed by atoms with van der Waals surface area (Å²) in [4.78, 5) is 4.11. The molecule has 2 rings (SSSR count). The van der Waals surface area contributed by atoms with Crippen molar-refractivity contribution < 1.29 is 13.9 Å². The second-order valence-corrected chi connectivity index (χ2v) is 4.38. The Labute approximate surface area is 122 Å². The Balaban J connectivity index is 2.34. The number of pyridine rings is 1. The van der Waals surface area contributed by atoms with Gasteiger partial charge in [0.05, 0.1) is 26.0 Å². The number of ether oxygens (including phenoxy) is 2. The minimum absolute atomic E-state index is 0.190. The standard InChI is InChI=1S/C15H18FN3O2/c1-3-21-12-6-11(8-18-9-12)15(19-17)10-4-5-14(20-2)13(16)7-10/h4-9,15,19H,3,17H2,1-2H3. The van der Waals surface area contributed by atoms with E-state index in [0.717, 1.165) is 5.56 Å². The molecule has 0 bridgehead atoms. The van der Waals surface area contributed by atoms with Crippen LogP contribution >= 0.6 is 0 Å². The van der Waals surface area contributed by atoms with Crippen molar-refractivity contribution in [1.82, 2.24) is 10.4 Å². The van der Waals surface area contributed by atoms with Gasteiger partial charge in [-0.05, 0) is 36.2 Å². The Morgan fingerprint density at radius 1 is 1.29 bits per heavy atom. The molecule has 0 radical (unpaired) electrons. The second-order valence-electron chi connectivity index (χ2n) is 4.38. The molecule has 1 atom stereocenters. The van der Waals surface area contributed by atoms with Gasteiger partial charge in [0.15, 0.2) is 11.6 Å². The Morgan fingerprint density at radius 2 is 2.10 bits per heavy atom. The van der Waals surface area contributed by atoms with E-state index in [4.69, 9.17) is 15.3 Å². The highest BCUT2D eigenvalue weighted by molar-refractivity contribution is 5.37. The first kappa shape index (κ1) is 15.2. The summed E-state index contributed by atoms with van der Waals surface area (Å²) >= 11 is 0. The summed E-state index contributed by atoms with van der Waals surface area (Å²) in [6.07, 6.45) is 3.28. The second kappa shape index (κ2) is 7.01. The monoisotopic (exact) mass is 291 g/mol. The van der Waals surface area contributed by atoms with Crippen molar-refractivity contribution in [1.29, 1.82) is 0 Å². The van der Waals surface area contributed by atoms with Crippen LogP contribution in [0.3, 0.4) is 0 Å². The zero-order valence-electron chi connectivity index (χ0n) is 12.0. The first-order valence-corrected chi connectivity index (χ1v) is 6.57. The van der Waals surface area contributed by atoms with Gasteiger partial charge in [-0.1, -0.05) is 6.07 Å². The molecule has 6 heteroatoms. The largest absolute Gasteiger partial charge is 0.494 e. The fourth-order valence-corrected chi connectivity index (χ4v) is 2.09. The lowest BCUT2D eigenvalue weighted by Gasteiger charge is -2.18. The van der Waals surface area contributed by atoms with Crippen LogP contribution in [-0.2, 0) is 0 Å². The molecule has 0 saturated heterocycles. The van der Waals surface area contributed by atoms with E-state index in [1.807, 2.05) is 13.0 Å². The lowest BCUT2D eigenvalue weighted by molar-refractivity contribution is 0.338.